The molecule has 0 amide bonds. The second-order valence-electron chi connectivity index (χ2n) is 3.47. The summed E-state index contributed by atoms with van der Waals surface area (Å²) in [5.41, 5.74) is 6.63. The molecule has 0 bridgehead atoms. The van der Waals surface area contributed by atoms with Gasteiger partial charge in [0.1, 0.15) is 0 Å². The first-order valence-corrected chi connectivity index (χ1v) is 5.25. The molecule has 0 saturated heterocycles. The predicted molar refractivity (Wildman–Crippen MR) is 65.8 cm³/mol. The monoisotopic (exact) mass is 252 g/mol. The largest absolute Gasteiger partial charge is 0.368 e. The lowest BCUT2D eigenvalue weighted by Crippen LogP contribution is -1.98. The third-order valence-corrected chi connectivity index (χ3v) is 2.43. The molecule has 0 saturated carbocycles. The fraction of sp³-hybridized carbons (Fsp3) is 0.0909. The highest BCUT2D eigenvalue weighted by Crippen LogP contribution is 2.16. The van der Waals surface area contributed by atoms with E-state index in [1.807, 2.05) is 0 Å². The van der Waals surface area contributed by atoms with Crippen LogP contribution < -0.4 is 5.73 Å². The Labute approximate surface area is 103 Å². The van der Waals surface area contributed by atoms with E-state index >= 15 is 0 Å². The fourth-order valence-electron chi connectivity index (χ4n) is 1.34. The quantitative estimate of drug-likeness (QED) is 0.835. The molecule has 0 aliphatic heterocycles. The van der Waals surface area contributed by atoms with Gasteiger partial charge < -0.3 is 5.73 Å². The van der Waals surface area contributed by atoms with Crippen LogP contribution in [0.25, 0.3) is 0 Å². The SMILES string of the molecule is Cc1cn(N=Cc2cccc(Cl)c2F)c(N)n1. The summed E-state index contributed by atoms with van der Waals surface area (Å²) in [6.07, 6.45) is 2.99. The molecule has 1 aromatic carbocycles. The normalized spacial score (nSPS) is 11.2. The van der Waals surface area contributed by atoms with Crippen LogP contribution in [-0.4, -0.2) is 15.9 Å². The van der Waals surface area contributed by atoms with Crippen LogP contribution in [-0.2, 0) is 0 Å². The Balaban J connectivity index is 2.32. The van der Waals surface area contributed by atoms with E-state index in [0.29, 0.717) is 5.56 Å². The highest BCUT2D eigenvalue weighted by Gasteiger charge is 2.04. The molecule has 0 unspecified atom stereocenters. The van der Waals surface area contributed by atoms with E-state index in [-0.39, 0.29) is 11.0 Å². The van der Waals surface area contributed by atoms with Crippen molar-refractivity contribution in [3.63, 3.8) is 0 Å². The minimum absolute atomic E-state index is 0.0590. The van der Waals surface area contributed by atoms with Gasteiger partial charge in [0, 0.05) is 5.56 Å². The van der Waals surface area contributed by atoms with Gasteiger partial charge in [0.15, 0.2) is 5.82 Å². The molecule has 17 heavy (non-hydrogen) atoms. The molecule has 2 N–H and O–H groups in total. The van der Waals surface area contributed by atoms with Crippen molar-refractivity contribution in [2.24, 2.45) is 5.10 Å². The van der Waals surface area contributed by atoms with Gasteiger partial charge in [-0.15, -0.1) is 0 Å². The van der Waals surface area contributed by atoms with Crippen LogP contribution in [0.15, 0.2) is 29.5 Å². The lowest BCUT2D eigenvalue weighted by atomic mass is 10.2. The Morgan fingerprint density at radius 2 is 2.29 bits per heavy atom. The van der Waals surface area contributed by atoms with Gasteiger partial charge in [-0.1, -0.05) is 23.7 Å². The molecular formula is C11H10ClFN4. The van der Waals surface area contributed by atoms with Gasteiger partial charge in [0.2, 0.25) is 5.95 Å². The van der Waals surface area contributed by atoms with Crippen molar-refractivity contribution in [1.82, 2.24) is 9.66 Å². The van der Waals surface area contributed by atoms with Crippen LogP contribution >= 0.6 is 11.6 Å². The molecule has 2 aromatic rings. The van der Waals surface area contributed by atoms with E-state index < -0.39 is 5.82 Å². The standard InChI is InChI=1S/C11H10ClFN4/c1-7-6-17(11(14)16-7)15-5-8-3-2-4-9(12)10(8)13/h2-6H,1H3,(H2,14,16). The number of anilines is 1. The Morgan fingerprint density at radius 3 is 2.94 bits per heavy atom. The zero-order valence-corrected chi connectivity index (χ0v) is 9.82. The second-order valence-corrected chi connectivity index (χ2v) is 3.88. The number of rotatable bonds is 2. The van der Waals surface area contributed by atoms with Crippen LogP contribution in [0.5, 0.6) is 0 Å². The number of halogens is 2. The summed E-state index contributed by atoms with van der Waals surface area (Å²) in [7, 11) is 0. The molecule has 2 rings (SSSR count). The number of aromatic nitrogens is 2. The van der Waals surface area contributed by atoms with E-state index in [0.717, 1.165) is 5.69 Å². The molecule has 0 aliphatic carbocycles. The highest BCUT2D eigenvalue weighted by molar-refractivity contribution is 6.31. The fourth-order valence-corrected chi connectivity index (χ4v) is 1.52. The molecule has 0 fully saturated rings. The molecule has 0 spiro atoms. The Hall–Kier alpha value is -1.88. The number of benzene rings is 1. The summed E-state index contributed by atoms with van der Waals surface area (Å²) in [6.45, 7) is 1.79. The minimum Gasteiger partial charge on any atom is -0.368 e. The van der Waals surface area contributed by atoms with Gasteiger partial charge in [-0.05, 0) is 13.0 Å². The average molecular weight is 253 g/mol. The second kappa shape index (κ2) is 4.55. The van der Waals surface area contributed by atoms with Crippen molar-refractivity contribution < 1.29 is 4.39 Å². The summed E-state index contributed by atoms with van der Waals surface area (Å²) in [6, 6.07) is 4.70. The Bertz CT molecular complexity index is 577. The van der Waals surface area contributed by atoms with E-state index in [1.54, 1.807) is 25.3 Å². The summed E-state index contributed by atoms with van der Waals surface area (Å²) in [5, 5.41) is 4.06. The van der Waals surface area contributed by atoms with Gasteiger partial charge in [-0.3, -0.25) is 0 Å². The lowest BCUT2D eigenvalue weighted by Gasteiger charge is -1.98. The van der Waals surface area contributed by atoms with Crippen molar-refractivity contribution in [2.75, 3.05) is 5.73 Å². The summed E-state index contributed by atoms with van der Waals surface area (Å²) in [4.78, 5) is 3.97. The topological polar surface area (TPSA) is 56.2 Å². The number of nitrogens with zero attached hydrogens (tertiary/aromatic N) is 3. The van der Waals surface area contributed by atoms with Gasteiger partial charge in [0.05, 0.1) is 23.1 Å². The van der Waals surface area contributed by atoms with Crippen molar-refractivity contribution in [3.8, 4) is 0 Å². The first-order chi connectivity index (χ1) is 8.08. The number of aryl methyl sites for hydroxylation is 1. The van der Waals surface area contributed by atoms with Crippen LogP contribution in [0.3, 0.4) is 0 Å². The molecular weight excluding hydrogens is 243 g/mol. The molecule has 4 nitrogen and oxygen atoms in total. The molecule has 1 aromatic heterocycles. The molecule has 1 heterocycles. The smallest absolute Gasteiger partial charge is 0.221 e. The number of hydrogen-bond donors (Lipinski definition) is 1. The van der Waals surface area contributed by atoms with Crippen molar-refractivity contribution in [3.05, 3.63) is 46.5 Å². The molecule has 0 radical (unpaired) electrons. The zero-order valence-electron chi connectivity index (χ0n) is 9.06. The molecule has 0 aliphatic rings. The maximum atomic E-state index is 13.5. The highest BCUT2D eigenvalue weighted by atomic mass is 35.5. The average Bonchev–Trinajstić information content (AvgIpc) is 2.60. The number of nitrogen functional groups attached to an aromatic ring is 1. The maximum Gasteiger partial charge on any atom is 0.221 e. The third kappa shape index (κ3) is 2.45. The van der Waals surface area contributed by atoms with Gasteiger partial charge in [-0.2, -0.15) is 5.10 Å². The summed E-state index contributed by atoms with van der Waals surface area (Å²) >= 11 is 5.65. The Morgan fingerprint density at radius 1 is 1.53 bits per heavy atom. The van der Waals surface area contributed by atoms with Gasteiger partial charge in [-0.25, -0.2) is 14.1 Å². The van der Waals surface area contributed by atoms with Crippen LogP contribution in [0.2, 0.25) is 5.02 Å². The van der Waals surface area contributed by atoms with Gasteiger partial charge >= 0.3 is 0 Å². The maximum absolute atomic E-state index is 13.5. The number of hydrogen-bond acceptors (Lipinski definition) is 3. The zero-order chi connectivity index (χ0) is 12.4. The molecule has 88 valence electrons. The number of imidazole rings is 1. The van der Waals surface area contributed by atoms with Crippen LogP contribution in [0.4, 0.5) is 10.3 Å². The van der Waals surface area contributed by atoms with Crippen LogP contribution in [0, 0.1) is 12.7 Å². The number of nitrogens with two attached hydrogens (primary N) is 1. The first-order valence-electron chi connectivity index (χ1n) is 4.88. The van der Waals surface area contributed by atoms with Crippen molar-refractivity contribution >= 4 is 23.8 Å². The third-order valence-electron chi connectivity index (χ3n) is 2.14. The van der Waals surface area contributed by atoms with E-state index in [1.165, 1.54) is 17.0 Å². The Kier molecular flexibility index (Phi) is 3.10. The van der Waals surface area contributed by atoms with Crippen LogP contribution in [0.1, 0.15) is 11.3 Å². The lowest BCUT2D eigenvalue weighted by molar-refractivity contribution is 0.626. The van der Waals surface area contributed by atoms with E-state index in [2.05, 4.69) is 10.1 Å². The minimum atomic E-state index is -0.506. The van der Waals surface area contributed by atoms with Crippen molar-refractivity contribution in [1.29, 1.82) is 0 Å². The summed E-state index contributed by atoms with van der Waals surface area (Å²) in [5.74, 6) is -0.255. The van der Waals surface area contributed by atoms with Crippen molar-refractivity contribution in [2.45, 2.75) is 6.92 Å². The van der Waals surface area contributed by atoms with E-state index in [9.17, 15) is 4.39 Å². The summed E-state index contributed by atoms with van der Waals surface area (Å²) < 4.78 is 14.9. The molecule has 0 atom stereocenters. The first kappa shape index (κ1) is 11.6. The van der Waals surface area contributed by atoms with E-state index in [4.69, 9.17) is 17.3 Å². The van der Waals surface area contributed by atoms with Gasteiger partial charge in [0.25, 0.3) is 0 Å². The molecule has 6 heteroatoms. The predicted octanol–water partition coefficient (Wildman–Crippen LogP) is 2.45.